The van der Waals surface area contributed by atoms with Gasteiger partial charge in [0.05, 0.1) is 11.4 Å². The van der Waals surface area contributed by atoms with Crippen LogP contribution >= 0.6 is 0 Å². The van der Waals surface area contributed by atoms with Crippen molar-refractivity contribution in [1.82, 2.24) is 9.88 Å². The fraction of sp³-hybridized carbons (Fsp3) is 0.429. The van der Waals surface area contributed by atoms with Gasteiger partial charge in [-0.15, -0.1) is 18.1 Å². The highest BCUT2D eigenvalue weighted by Crippen LogP contribution is 2.37. The summed E-state index contributed by atoms with van der Waals surface area (Å²) >= 11 is 0. The van der Waals surface area contributed by atoms with Crippen LogP contribution in [0.5, 0.6) is 0 Å². The van der Waals surface area contributed by atoms with E-state index < -0.39 is 8.32 Å². The minimum atomic E-state index is -1.80. The van der Waals surface area contributed by atoms with E-state index in [1.807, 2.05) is 42.5 Å². The minimum absolute atomic E-state index is 0.000954. The summed E-state index contributed by atoms with van der Waals surface area (Å²) in [5.74, 6) is 0.000954. The predicted molar refractivity (Wildman–Crippen MR) is 110 cm³/mol. The highest BCUT2D eigenvalue weighted by molar-refractivity contribution is 6.74. The second-order valence-corrected chi connectivity index (χ2v) is 13.1. The summed E-state index contributed by atoms with van der Waals surface area (Å²) in [6.07, 6.45) is 0. The zero-order valence-electron chi connectivity index (χ0n) is 17.0. The Kier molecular flexibility index (Phi) is 6.04. The zero-order valence-corrected chi connectivity index (χ0v) is 18.0. The van der Waals surface area contributed by atoms with Crippen molar-refractivity contribution in [3.05, 3.63) is 53.7 Å². The first kappa shape index (κ1) is 20.3. The molecule has 0 saturated carbocycles. The number of carbonyl (C=O) groups is 1. The Labute approximate surface area is 158 Å². The smallest absolute Gasteiger partial charge is 0.253 e. The van der Waals surface area contributed by atoms with E-state index in [0.717, 1.165) is 17.0 Å². The van der Waals surface area contributed by atoms with Gasteiger partial charge in [0.2, 0.25) is 0 Å². The third kappa shape index (κ3) is 4.80. The average molecular weight is 371 g/mol. The Morgan fingerprint density at radius 1 is 1.08 bits per heavy atom. The lowest BCUT2D eigenvalue weighted by molar-refractivity contribution is 0.0827. The van der Waals surface area contributed by atoms with E-state index in [1.165, 1.54) is 0 Å². The van der Waals surface area contributed by atoms with Gasteiger partial charge in [-0.05, 0) is 32.6 Å². The molecule has 0 aliphatic heterocycles. The second kappa shape index (κ2) is 7.72. The standard InChI is InChI=1S/C21H30N2O2Si/c1-21(2,3)26(6,7)25-15-18-9-8-10-19(22-18)16-11-13-17(14-12-16)20(24)23(4)5/h8-14H,15H2,1-7H3/q-1. The molecule has 0 aliphatic carbocycles. The molecular formula is C21H30N2O2Si-. The number of hydrogen-bond acceptors (Lipinski definition) is 3. The average Bonchev–Trinajstić information content (AvgIpc) is 2.59. The van der Waals surface area contributed by atoms with Gasteiger partial charge in [0.25, 0.3) is 5.91 Å². The molecule has 1 aromatic carbocycles. The number of benzene rings is 1. The van der Waals surface area contributed by atoms with Gasteiger partial charge in [-0.2, -0.15) is 0 Å². The molecule has 4 nitrogen and oxygen atoms in total. The first-order chi connectivity index (χ1) is 12.0. The van der Waals surface area contributed by atoms with Crippen LogP contribution in [0.25, 0.3) is 11.3 Å². The molecule has 0 atom stereocenters. The van der Waals surface area contributed by atoms with E-state index in [4.69, 9.17) is 9.41 Å². The van der Waals surface area contributed by atoms with Gasteiger partial charge < -0.3 is 9.33 Å². The van der Waals surface area contributed by atoms with Crippen LogP contribution in [0.1, 0.15) is 36.8 Å². The largest absolute Gasteiger partial charge is 0.560 e. The molecule has 2 aromatic rings. The number of pyridine rings is 1. The lowest BCUT2D eigenvalue weighted by atomic mass is 10.1. The van der Waals surface area contributed by atoms with Crippen LogP contribution in [0.2, 0.25) is 18.1 Å². The first-order valence-electron chi connectivity index (χ1n) is 8.93. The summed E-state index contributed by atoms with van der Waals surface area (Å²) in [4.78, 5) is 18.3. The van der Waals surface area contributed by atoms with Crippen LogP contribution in [0.15, 0.2) is 42.5 Å². The molecule has 141 valence electrons. The Balaban J connectivity index is 2.15. The maximum atomic E-state index is 12.0. The number of carbonyl (C=O) groups excluding carboxylic acids is 1. The number of rotatable bonds is 5. The molecule has 1 aromatic heterocycles. The van der Waals surface area contributed by atoms with Gasteiger partial charge in [-0.25, -0.2) is 0 Å². The van der Waals surface area contributed by atoms with Crippen LogP contribution < -0.4 is 0 Å². The number of amides is 1. The molecule has 0 spiro atoms. The van der Waals surface area contributed by atoms with E-state index >= 15 is 0 Å². The Morgan fingerprint density at radius 3 is 2.23 bits per heavy atom. The van der Waals surface area contributed by atoms with Gasteiger partial charge in [0, 0.05) is 31.8 Å². The quantitative estimate of drug-likeness (QED) is 0.698. The molecule has 0 fully saturated rings. The van der Waals surface area contributed by atoms with Crippen LogP contribution in [0, 0.1) is 0 Å². The van der Waals surface area contributed by atoms with Crippen LogP contribution in [-0.4, -0.2) is 38.2 Å². The molecule has 2 rings (SSSR count). The maximum Gasteiger partial charge on any atom is 0.253 e. The number of nitrogens with zero attached hydrogens (tertiary/aromatic N) is 2. The van der Waals surface area contributed by atoms with E-state index in [9.17, 15) is 4.79 Å². The predicted octanol–water partition coefficient (Wildman–Crippen LogP) is 4.97. The topological polar surface area (TPSA) is 42.4 Å². The van der Waals surface area contributed by atoms with Crippen molar-refractivity contribution in [2.24, 2.45) is 0 Å². The fourth-order valence-electron chi connectivity index (χ4n) is 2.23. The first-order valence-corrected chi connectivity index (χ1v) is 11.8. The summed E-state index contributed by atoms with van der Waals surface area (Å²) in [7, 11) is 1.71. The highest BCUT2D eigenvalue weighted by atomic mass is 28.4. The van der Waals surface area contributed by atoms with Gasteiger partial charge >= 0.3 is 0 Å². The van der Waals surface area contributed by atoms with Crippen molar-refractivity contribution in [3.8, 4) is 11.3 Å². The van der Waals surface area contributed by atoms with E-state index in [-0.39, 0.29) is 10.9 Å². The molecule has 0 saturated heterocycles. The fourth-order valence-corrected chi connectivity index (χ4v) is 3.18. The molecule has 0 unspecified atom stereocenters. The van der Waals surface area contributed by atoms with Gasteiger partial charge in [-0.1, -0.05) is 39.0 Å². The van der Waals surface area contributed by atoms with Crippen molar-refractivity contribution in [2.45, 2.75) is 45.5 Å². The summed E-state index contributed by atoms with van der Waals surface area (Å²) in [6.45, 7) is 11.7. The number of aromatic nitrogens is 1. The van der Waals surface area contributed by atoms with E-state index in [2.05, 4.69) is 33.9 Å². The minimum Gasteiger partial charge on any atom is -0.560 e. The van der Waals surface area contributed by atoms with E-state index in [1.54, 1.807) is 19.0 Å². The lowest BCUT2D eigenvalue weighted by Crippen LogP contribution is -2.40. The van der Waals surface area contributed by atoms with Crippen molar-refractivity contribution in [1.29, 1.82) is 0 Å². The van der Waals surface area contributed by atoms with Gasteiger partial charge in [-0.3, -0.25) is 9.78 Å². The summed E-state index contributed by atoms with van der Waals surface area (Å²) < 4.78 is 6.27. The molecule has 0 N–H and O–H groups in total. The molecule has 0 aliphatic rings. The second-order valence-electron chi connectivity index (χ2n) is 8.34. The third-order valence-electron chi connectivity index (χ3n) is 5.03. The summed E-state index contributed by atoms with van der Waals surface area (Å²) in [5.41, 5.74) is 3.50. The Morgan fingerprint density at radius 2 is 1.69 bits per heavy atom. The van der Waals surface area contributed by atoms with Crippen molar-refractivity contribution in [2.75, 3.05) is 14.1 Å². The van der Waals surface area contributed by atoms with Crippen LogP contribution in [0.4, 0.5) is 0 Å². The highest BCUT2D eigenvalue weighted by Gasteiger charge is 2.24. The molecule has 0 bridgehead atoms. The SMILES string of the molecule is CN(C)C(=O)c1ccc(-c2cccc(CO[Si-](C)(C)C(C)(C)C)n2)cc1. The molecular weight excluding hydrogens is 340 g/mol. The van der Waals surface area contributed by atoms with Crippen molar-refractivity contribution in [3.63, 3.8) is 0 Å². The third-order valence-corrected chi connectivity index (χ3v) is 9.51. The maximum absolute atomic E-state index is 12.0. The zero-order chi connectivity index (χ0) is 19.5. The van der Waals surface area contributed by atoms with Crippen LogP contribution in [-0.2, 0) is 11.0 Å². The summed E-state index contributed by atoms with van der Waals surface area (Å²) in [6, 6.07) is 13.6. The normalized spacial score (nSPS) is 12.1. The lowest BCUT2D eigenvalue weighted by Gasteiger charge is -2.48. The number of hydrogen-bond donors (Lipinski definition) is 0. The van der Waals surface area contributed by atoms with Gasteiger partial charge in [0.15, 0.2) is 0 Å². The molecule has 0 radical (unpaired) electrons. The molecule has 5 heteroatoms. The van der Waals surface area contributed by atoms with Crippen molar-refractivity contribution >= 4 is 14.2 Å². The Hall–Kier alpha value is -1.98. The Bertz CT molecular complexity index is 762. The van der Waals surface area contributed by atoms with Crippen LogP contribution in [0.3, 0.4) is 0 Å². The molecule has 1 heterocycles. The van der Waals surface area contributed by atoms with Gasteiger partial charge in [0.1, 0.15) is 0 Å². The van der Waals surface area contributed by atoms with E-state index in [0.29, 0.717) is 12.2 Å². The molecule has 1 amide bonds. The summed E-state index contributed by atoms with van der Waals surface area (Å²) in [5, 5.41) is 0.180. The monoisotopic (exact) mass is 370 g/mol. The van der Waals surface area contributed by atoms with Crippen molar-refractivity contribution < 1.29 is 9.22 Å². The molecule has 26 heavy (non-hydrogen) atoms.